The smallest absolute Gasteiger partial charge is 0.259 e. The first kappa shape index (κ1) is 16.8. The van der Waals surface area contributed by atoms with Crippen molar-refractivity contribution in [1.82, 2.24) is 4.57 Å². The third-order valence-corrected chi connectivity index (χ3v) is 5.67. The highest BCUT2D eigenvalue weighted by Crippen LogP contribution is 2.39. The second kappa shape index (κ2) is 6.38. The van der Waals surface area contributed by atoms with Gasteiger partial charge in [-0.3, -0.25) is 4.79 Å². The fourth-order valence-electron chi connectivity index (χ4n) is 4.28. The molecule has 0 fully saturated rings. The van der Waals surface area contributed by atoms with E-state index >= 15 is 0 Å². The van der Waals surface area contributed by atoms with E-state index in [1.807, 2.05) is 41.0 Å². The van der Waals surface area contributed by atoms with Crippen LogP contribution in [0.25, 0.3) is 22.0 Å². The van der Waals surface area contributed by atoms with E-state index in [-0.39, 0.29) is 5.56 Å². The van der Waals surface area contributed by atoms with Gasteiger partial charge >= 0.3 is 0 Å². The average molecular weight is 367 g/mol. The number of hydrogen-bond acceptors (Lipinski definition) is 2. The second-order valence-corrected chi connectivity index (χ2v) is 7.45. The first-order valence-corrected chi connectivity index (χ1v) is 9.53. The molecule has 0 unspecified atom stereocenters. The number of fused-ring (bicyclic) bond motifs is 5. The highest BCUT2D eigenvalue weighted by atomic mass is 16.5. The van der Waals surface area contributed by atoms with Gasteiger partial charge in [-0.1, -0.05) is 54.1 Å². The van der Waals surface area contributed by atoms with Gasteiger partial charge in [-0.05, 0) is 47.2 Å². The van der Waals surface area contributed by atoms with Gasteiger partial charge in [-0.2, -0.15) is 0 Å². The van der Waals surface area contributed by atoms with Crippen molar-refractivity contribution in [3.8, 4) is 17.0 Å². The van der Waals surface area contributed by atoms with E-state index in [1.54, 1.807) is 7.11 Å². The largest absolute Gasteiger partial charge is 0.497 e. The van der Waals surface area contributed by atoms with Crippen LogP contribution in [-0.4, -0.2) is 11.7 Å². The van der Waals surface area contributed by atoms with Gasteiger partial charge in [0.25, 0.3) is 5.56 Å². The lowest BCUT2D eigenvalue weighted by Crippen LogP contribution is -2.23. The molecule has 1 aromatic heterocycles. The van der Waals surface area contributed by atoms with E-state index in [1.165, 1.54) is 22.3 Å². The van der Waals surface area contributed by atoms with E-state index in [0.717, 1.165) is 34.2 Å². The van der Waals surface area contributed by atoms with Gasteiger partial charge in [0, 0.05) is 17.4 Å². The minimum absolute atomic E-state index is 0.0706. The molecule has 0 saturated carbocycles. The number of nitrogens with zero attached hydrogens (tertiary/aromatic N) is 1. The maximum atomic E-state index is 13.5. The van der Waals surface area contributed by atoms with Crippen molar-refractivity contribution in [1.29, 1.82) is 0 Å². The van der Waals surface area contributed by atoms with Gasteiger partial charge in [0.1, 0.15) is 5.75 Å². The number of methoxy groups -OCH3 is 1. The Morgan fingerprint density at radius 3 is 2.54 bits per heavy atom. The zero-order valence-electron chi connectivity index (χ0n) is 16.0. The van der Waals surface area contributed by atoms with Crippen LogP contribution in [0.5, 0.6) is 5.75 Å². The number of pyridine rings is 1. The van der Waals surface area contributed by atoms with Crippen LogP contribution in [0, 0.1) is 6.92 Å². The Morgan fingerprint density at radius 2 is 1.75 bits per heavy atom. The van der Waals surface area contributed by atoms with Crippen molar-refractivity contribution in [2.45, 2.75) is 19.9 Å². The van der Waals surface area contributed by atoms with Crippen LogP contribution in [0.15, 0.2) is 71.5 Å². The molecular weight excluding hydrogens is 346 g/mol. The highest BCUT2D eigenvalue weighted by Gasteiger charge is 2.25. The number of rotatable bonds is 3. The van der Waals surface area contributed by atoms with E-state index < -0.39 is 0 Å². The van der Waals surface area contributed by atoms with Crippen LogP contribution in [0.1, 0.15) is 22.3 Å². The van der Waals surface area contributed by atoms with Crippen molar-refractivity contribution in [2.24, 2.45) is 0 Å². The summed E-state index contributed by atoms with van der Waals surface area (Å²) in [6.45, 7) is 2.63. The monoisotopic (exact) mass is 367 g/mol. The van der Waals surface area contributed by atoms with Gasteiger partial charge in [0.2, 0.25) is 0 Å². The minimum atomic E-state index is 0.0706. The standard InChI is InChI=1S/C25H21NO2/c1-16-7-12-21-22(13-16)23-14-18-5-3-4-6-20(18)24(23)26(25(21)27)15-17-8-10-19(28-2)11-9-17/h3-13H,14-15H2,1-2H3. The first-order chi connectivity index (χ1) is 13.7. The van der Waals surface area contributed by atoms with Gasteiger partial charge in [0.15, 0.2) is 0 Å². The summed E-state index contributed by atoms with van der Waals surface area (Å²) < 4.78 is 7.21. The third kappa shape index (κ3) is 2.55. The molecule has 0 radical (unpaired) electrons. The van der Waals surface area contributed by atoms with Gasteiger partial charge < -0.3 is 9.30 Å². The molecule has 0 bridgehead atoms. The maximum absolute atomic E-state index is 13.5. The zero-order valence-corrected chi connectivity index (χ0v) is 16.0. The molecule has 3 aromatic carbocycles. The molecule has 5 rings (SSSR count). The quantitative estimate of drug-likeness (QED) is 0.452. The molecule has 0 atom stereocenters. The number of aryl methyl sites for hydroxylation is 1. The predicted octanol–water partition coefficient (Wildman–Crippen LogP) is 4.94. The Kier molecular flexibility index (Phi) is 3.83. The summed E-state index contributed by atoms with van der Waals surface area (Å²) in [4.78, 5) is 13.5. The normalized spacial score (nSPS) is 12.1. The van der Waals surface area contributed by atoms with Gasteiger partial charge in [-0.15, -0.1) is 0 Å². The molecule has 0 spiro atoms. The van der Waals surface area contributed by atoms with Crippen molar-refractivity contribution in [3.05, 3.63) is 99.3 Å². The molecular formula is C25H21NO2. The number of hydrogen-bond donors (Lipinski definition) is 0. The molecule has 0 N–H and O–H groups in total. The van der Waals surface area contributed by atoms with E-state index in [9.17, 15) is 4.79 Å². The molecule has 1 heterocycles. The van der Waals surface area contributed by atoms with Crippen LogP contribution in [0.3, 0.4) is 0 Å². The van der Waals surface area contributed by atoms with Crippen LogP contribution < -0.4 is 10.3 Å². The Labute approximate surface area is 163 Å². The maximum Gasteiger partial charge on any atom is 0.259 e. The molecule has 3 nitrogen and oxygen atoms in total. The topological polar surface area (TPSA) is 31.2 Å². The van der Waals surface area contributed by atoms with E-state index in [0.29, 0.717) is 6.54 Å². The summed E-state index contributed by atoms with van der Waals surface area (Å²) in [5.41, 5.74) is 7.11. The van der Waals surface area contributed by atoms with E-state index in [4.69, 9.17) is 4.74 Å². The Balaban J connectivity index is 1.78. The summed E-state index contributed by atoms with van der Waals surface area (Å²) in [6, 6.07) is 22.5. The van der Waals surface area contributed by atoms with Gasteiger partial charge in [0.05, 0.1) is 19.3 Å². The molecule has 0 saturated heterocycles. The molecule has 0 aliphatic heterocycles. The zero-order chi connectivity index (χ0) is 19.3. The number of benzene rings is 3. The molecule has 1 aliphatic carbocycles. The SMILES string of the molecule is COc1ccc(Cn2c3c(c4cc(C)ccc4c2=O)Cc2ccccc2-3)cc1. The third-order valence-electron chi connectivity index (χ3n) is 5.67. The average Bonchev–Trinajstić information content (AvgIpc) is 3.11. The summed E-state index contributed by atoms with van der Waals surface area (Å²) in [6.07, 6.45) is 0.869. The van der Waals surface area contributed by atoms with Crippen LogP contribution in [0.4, 0.5) is 0 Å². The molecule has 1 aliphatic rings. The summed E-state index contributed by atoms with van der Waals surface area (Å²) >= 11 is 0. The highest BCUT2D eigenvalue weighted by molar-refractivity contribution is 5.93. The summed E-state index contributed by atoms with van der Waals surface area (Å²) in [7, 11) is 1.66. The number of aromatic nitrogens is 1. The molecule has 0 amide bonds. The summed E-state index contributed by atoms with van der Waals surface area (Å²) in [5, 5.41) is 1.88. The first-order valence-electron chi connectivity index (χ1n) is 9.53. The molecule has 4 aromatic rings. The van der Waals surface area contributed by atoms with Gasteiger partial charge in [-0.25, -0.2) is 0 Å². The van der Waals surface area contributed by atoms with Crippen molar-refractivity contribution in [2.75, 3.05) is 7.11 Å². The Hall–Kier alpha value is -3.33. The van der Waals surface area contributed by atoms with Crippen LogP contribution >= 0.6 is 0 Å². The second-order valence-electron chi connectivity index (χ2n) is 7.45. The lowest BCUT2D eigenvalue weighted by molar-refractivity contribution is 0.414. The van der Waals surface area contributed by atoms with Crippen molar-refractivity contribution < 1.29 is 4.74 Å². The van der Waals surface area contributed by atoms with Crippen molar-refractivity contribution >= 4 is 10.8 Å². The predicted molar refractivity (Wildman–Crippen MR) is 113 cm³/mol. The molecule has 3 heteroatoms. The van der Waals surface area contributed by atoms with Crippen LogP contribution in [0.2, 0.25) is 0 Å². The lowest BCUT2D eigenvalue weighted by atomic mass is 10.0. The van der Waals surface area contributed by atoms with E-state index in [2.05, 4.69) is 37.3 Å². The summed E-state index contributed by atoms with van der Waals surface area (Å²) in [5.74, 6) is 0.820. The minimum Gasteiger partial charge on any atom is -0.497 e. The lowest BCUT2D eigenvalue weighted by Gasteiger charge is -2.16. The Bertz CT molecular complexity index is 1270. The fourth-order valence-corrected chi connectivity index (χ4v) is 4.28. The molecule has 138 valence electrons. The van der Waals surface area contributed by atoms with Crippen molar-refractivity contribution in [3.63, 3.8) is 0 Å². The number of ether oxygens (including phenoxy) is 1. The molecule has 28 heavy (non-hydrogen) atoms. The van der Waals surface area contributed by atoms with Crippen LogP contribution in [-0.2, 0) is 13.0 Å². The fraction of sp³-hybridized carbons (Fsp3) is 0.160. The Morgan fingerprint density at radius 1 is 0.964 bits per heavy atom.